The van der Waals surface area contributed by atoms with E-state index in [-0.39, 0.29) is 18.5 Å². The van der Waals surface area contributed by atoms with Crippen LogP contribution < -0.4 is 10.1 Å². The van der Waals surface area contributed by atoms with Crippen molar-refractivity contribution in [2.75, 3.05) is 19.8 Å². The van der Waals surface area contributed by atoms with E-state index in [1.54, 1.807) is 0 Å². The van der Waals surface area contributed by atoms with Gasteiger partial charge >= 0.3 is 0 Å². The standard InChI is InChI=1S/C11H13NO2.ClH/c1-2-4-10-8(3-1)11-9(7-14-10)12-5-6-13-11;/h1-4,9,11-12H,5-7H2;1H/t9-,11-;/m1./s1. The van der Waals surface area contributed by atoms with Crippen LogP contribution >= 0.6 is 12.4 Å². The summed E-state index contributed by atoms with van der Waals surface area (Å²) in [6.07, 6.45) is 0.175. The minimum absolute atomic E-state index is 0. The third kappa shape index (κ3) is 1.83. The van der Waals surface area contributed by atoms with Crippen molar-refractivity contribution < 1.29 is 9.47 Å². The average Bonchev–Trinajstić information content (AvgIpc) is 2.29. The highest BCUT2D eigenvalue weighted by Crippen LogP contribution is 2.35. The third-order valence-corrected chi connectivity index (χ3v) is 2.82. The van der Waals surface area contributed by atoms with E-state index in [4.69, 9.17) is 9.47 Å². The van der Waals surface area contributed by atoms with Crippen molar-refractivity contribution in [2.24, 2.45) is 0 Å². The zero-order chi connectivity index (χ0) is 9.38. The molecular formula is C11H14ClNO2. The van der Waals surface area contributed by atoms with E-state index < -0.39 is 0 Å². The Labute approximate surface area is 95.2 Å². The van der Waals surface area contributed by atoms with Gasteiger partial charge in [-0.25, -0.2) is 0 Å². The fraction of sp³-hybridized carbons (Fsp3) is 0.455. The summed E-state index contributed by atoms with van der Waals surface area (Å²) in [6, 6.07) is 8.43. The summed E-state index contributed by atoms with van der Waals surface area (Å²) >= 11 is 0. The lowest BCUT2D eigenvalue weighted by Gasteiger charge is -2.37. The molecule has 2 aliphatic rings. The number of para-hydroxylation sites is 1. The normalized spacial score (nSPS) is 28.0. The summed E-state index contributed by atoms with van der Waals surface area (Å²) in [5, 5.41) is 3.41. The van der Waals surface area contributed by atoms with Gasteiger partial charge in [0.1, 0.15) is 18.5 Å². The maximum absolute atomic E-state index is 5.77. The van der Waals surface area contributed by atoms with Gasteiger partial charge in [0.15, 0.2) is 0 Å². The first-order chi connectivity index (χ1) is 6.95. The third-order valence-electron chi connectivity index (χ3n) is 2.82. The lowest BCUT2D eigenvalue weighted by molar-refractivity contribution is -0.0307. The van der Waals surface area contributed by atoms with Crippen LogP contribution in [0.25, 0.3) is 0 Å². The van der Waals surface area contributed by atoms with Crippen LogP contribution in [0.5, 0.6) is 5.75 Å². The minimum Gasteiger partial charge on any atom is -0.491 e. The van der Waals surface area contributed by atoms with Gasteiger partial charge in [-0.15, -0.1) is 12.4 Å². The SMILES string of the molecule is Cl.c1ccc2c(c1)OC[C@H]1NCCO[C@H]21. The molecule has 0 unspecified atom stereocenters. The molecule has 4 heteroatoms. The van der Waals surface area contributed by atoms with E-state index in [9.17, 15) is 0 Å². The monoisotopic (exact) mass is 227 g/mol. The summed E-state index contributed by atoms with van der Waals surface area (Å²) in [5.74, 6) is 0.970. The number of fused-ring (bicyclic) bond motifs is 3. The second-order valence-corrected chi connectivity index (χ2v) is 3.70. The number of rotatable bonds is 0. The molecule has 1 N–H and O–H groups in total. The number of halogens is 1. The summed E-state index contributed by atoms with van der Waals surface area (Å²) in [7, 11) is 0. The highest BCUT2D eigenvalue weighted by atomic mass is 35.5. The minimum atomic E-state index is 0. The second-order valence-electron chi connectivity index (χ2n) is 3.70. The number of hydrogen-bond donors (Lipinski definition) is 1. The Balaban J connectivity index is 0.000000853. The molecule has 0 spiro atoms. The van der Waals surface area contributed by atoms with Gasteiger partial charge in [-0.05, 0) is 6.07 Å². The largest absolute Gasteiger partial charge is 0.491 e. The van der Waals surface area contributed by atoms with Crippen molar-refractivity contribution in [2.45, 2.75) is 12.1 Å². The molecule has 0 amide bonds. The fourth-order valence-electron chi connectivity index (χ4n) is 2.13. The maximum atomic E-state index is 5.77. The Morgan fingerprint density at radius 1 is 1.27 bits per heavy atom. The molecule has 0 saturated carbocycles. The van der Waals surface area contributed by atoms with Crippen LogP contribution in [0, 0.1) is 0 Å². The predicted molar refractivity (Wildman–Crippen MR) is 59.7 cm³/mol. The van der Waals surface area contributed by atoms with Crippen LogP contribution in [0.2, 0.25) is 0 Å². The van der Waals surface area contributed by atoms with Crippen LogP contribution in [0.4, 0.5) is 0 Å². The Bertz CT molecular complexity index is 345. The molecule has 2 aliphatic heterocycles. The molecule has 1 aromatic carbocycles. The van der Waals surface area contributed by atoms with Gasteiger partial charge in [0.05, 0.1) is 12.6 Å². The fourth-order valence-corrected chi connectivity index (χ4v) is 2.13. The van der Waals surface area contributed by atoms with E-state index in [1.807, 2.05) is 18.2 Å². The molecule has 3 nitrogen and oxygen atoms in total. The number of hydrogen-bond acceptors (Lipinski definition) is 3. The van der Waals surface area contributed by atoms with Crippen LogP contribution in [-0.4, -0.2) is 25.8 Å². The van der Waals surface area contributed by atoms with Crippen molar-refractivity contribution in [3.05, 3.63) is 29.8 Å². The lowest BCUT2D eigenvalue weighted by atomic mass is 9.98. The zero-order valence-corrected chi connectivity index (χ0v) is 9.13. The van der Waals surface area contributed by atoms with Crippen molar-refractivity contribution in [1.29, 1.82) is 0 Å². The molecule has 2 heterocycles. The van der Waals surface area contributed by atoms with Gasteiger partial charge in [-0.2, -0.15) is 0 Å². The van der Waals surface area contributed by atoms with Crippen LogP contribution in [-0.2, 0) is 4.74 Å². The highest BCUT2D eigenvalue weighted by Gasteiger charge is 2.33. The molecule has 0 bridgehead atoms. The van der Waals surface area contributed by atoms with Gasteiger partial charge in [-0.3, -0.25) is 0 Å². The van der Waals surface area contributed by atoms with Gasteiger partial charge in [0.25, 0.3) is 0 Å². The summed E-state index contributed by atoms with van der Waals surface area (Å²) in [6.45, 7) is 2.42. The Kier molecular flexibility index (Phi) is 3.14. The first kappa shape index (κ1) is 10.7. The molecule has 0 aromatic heterocycles. The van der Waals surface area contributed by atoms with E-state index in [2.05, 4.69) is 11.4 Å². The molecule has 1 saturated heterocycles. The van der Waals surface area contributed by atoms with Gasteiger partial charge < -0.3 is 14.8 Å². The molecule has 0 radical (unpaired) electrons. The van der Waals surface area contributed by atoms with Crippen molar-refractivity contribution in [3.63, 3.8) is 0 Å². The molecule has 3 rings (SSSR count). The summed E-state index contributed by atoms with van der Waals surface area (Å²) in [5.41, 5.74) is 1.18. The smallest absolute Gasteiger partial charge is 0.125 e. The molecule has 0 aliphatic carbocycles. The maximum Gasteiger partial charge on any atom is 0.125 e. The number of benzene rings is 1. The number of nitrogens with one attached hydrogen (secondary N) is 1. The topological polar surface area (TPSA) is 30.5 Å². The second kappa shape index (κ2) is 4.39. The van der Waals surface area contributed by atoms with E-state index in [0.717, 1.165) is 18.9 Å². The average molecular weight is 228 g/mol. The molecule has 1 aromatic rings. The molecule has 1 fully saturated rings. The highest BCUT2D eigenvalue weighted by molar-refractivity contribution is 5.85. The predicted octanol–water partition coefficient (Wildman–Crippen LogP) is 1.53. The lowest BCUT2D eigenvalue weighted by Crippen LogP contribution is -2.48. The molecule has 2 atom stereocenters. The van der Waals surface area contributed by atoms with E-state index in [0.29, 0.717) is 12.6 Å². The van der Waals surface area contributed by atoms with E-state index in [1.165, 1.54) is 5.56 Å². The number of ether oxygens (including phenoxy) is 2. The van der Waals surface area contributed by atoms with Gasteiger partial charge in [0, 0.05) is 12.1 Å². The van der Waals surface area contributed by atoms with E-state index >= 15 is 0 Å². The van der Waals surface area contributed by atoms with Crippen molar-refractivity contribution in [3.8, 4) is 5.75 Å². The summed E-state index contributed by atoms with van der Waals surface area (Å²) in [4.78, 5) is 0. The summed E-state index contributed by atoms with van der Waals surface area (Å²) < 4.78 is 11.4. The van der Waals surface area contributed by atoms with Crippen LogP contribution in [0.15, 0.2) is 24.3 Å². The Morgan fingerprint density at radius 2 is 2.13 bits per heavy atom. The Hall–Kier alpha value is -0.770. The van der Waals surface area contributed by atoms with Crippen molar-refractivity contribution in [1.82, 2.24) is 5.32 Å². The number of morpholine rings is 1. The molecule has 82 valence electrons. The molecule has 15 heavy (non-hydrogen) atoms. The van der Waals surface area contributed by atoms with Crippen molar-refractivity contribution >= 4 is 12.4 Å². The quantitative estimate of drug-likeness (QED) is 0.729. The first-order valence-electron chi connectivity index (χ1n) is 5.02. The van der Waals surface area contributed by atoms with Gasteiger partial charge in [0.2, 0.25) is 0 Å². The van der Waals surface area contributed by atoms with Crippen LogP contribution in [0.3, 0.4) is 0 Å². The van der Waals surface area contributed by atoms with Gasteiger partial charge in [-0.1, -0.05) is 18.2 Å². The zero-order valence-electron chi connectivity index (χ0n) is 8.31. The first-order valence-corrected chi connectivity index (χ1v) is 5.02. The molecular weight excluding hydrogens is 214 g/mol. The van der Waals surface area contributed by atoms with Crippen LogP contribution in [0.1, 0.15) is 11.7 Å². The Morgan fingerprint density at radius 3 is 3.07 bits per heavy atom.